The standard InChI is InChI=1S/C17H20N2O2/c1-4-21-14-7-5-13(6-8-14)17(20)19-16-12(3)9-11(2)10-15(16)18/h5-10H,4,18H2,1-3H3,(H,19,20). The minimum absolute atomic E-state index is 0.184. The lowest BCUT2D eigenvalue weighted by Crippen LogP contribution is -2.14. The number of hydrogen-bond donors (Lipinski definition) is 2. The average Bonchev–Trinajstić information content (AvgIpc) is 2.43. The number of hydrogen-bond acceptors (Lipinski definition) is 3. The summed E-state index contributed by atoms with van der Waals surface area (Å²) in [5, 5.41) is 2.87. The molecule has 0 saturated heterocycles. The molecule has 4 nitrogen and oxygen atoms in total. The number of nitrogens with two attached hydrogens (primary N) is 1. The lowest BCUT2D eigenvalue weighted by atomic mass is 10.1. The van der Waals surface area contributed by atoms with Gasteiger partial charge in [0.1, 0.15) is 5.75 Å². The van der Waals surface area contributed by atoms with Crippen LogP contribution >= 0.6 is 0 Å². The van der Waals surface area contributed by atoms with Gasteiger partial charge in [0.2, 0.25) is 0 Å². The van der Waals surface area contributed by atoms with E-state index in [9.17, 15) is 4.79 Å². The maximum Gasteiger partial charge on any atom is 0.255 e. The molecule has 110 valence electrons. The van der Waals surface area contributed by atoms with Crippen LogP contribution in [0.5, 0.6) is 5.75 Å². The fourth-order valence-electron chi connectivity index (χ4n) is 2.23. The Bertz CT molecular complexity index is 625. The zero-order chi connectivity index (χ0) is 15.4. The zero-order valence-corrected chi connectivity index (χ0v) is 12.6. The highest BCUT2D eigenvalue weighted by Crippen LogP contribution is 2.25. The summed E-state index contributed by atoms with van der Waals surface area (Å²) in [7, 11) is 0. The van der Waals surface area contributed by atoms with Crippen LogP contribution in [0.25, 0.3) is 0 Å². The molecule has 21 heavy (non-hydrogen) atoms. The molecule has 0 radical (unpaired) electrons. The summed E-state index contributed by atoms with van der Waals surface area (Å²) in [4.78, 5) is 12.3. The quantitative estimate of drug-likeness (QED) is 0.844. The third-order valence-electron chi connectivity index (χ3n) is 3.18. The molecule has 0 heterocycles. The van der Waals surface area contributed by atoms with Crippen molar-refractivity contribution in [3.63, 3.8) is 0 Å². The van der Waals surface area contributed by atoms with Crippen LogP contribution < -0.4 is 15.8 Å². The van der Waals surface area contributed by atoms with E-state index in [0.29, 0.717) is 23.5 Å². The molecule has 0 fully saturated rings. The minimum Gasteiger partial charge on any atom is -0.494 e. The van der Waals surface area contributed by atoms with Gasteiger partial charge in [0.05, 0.1) is 18.0 Å². The normalized spacial score (nSPS) is 10.2. The number of ether oxygens (including phenoxy) is 1. The number of nitrogens with one attached hydrogen (secondary N) is 1. The van der Waals surface area contributed by atoms with Crippen molar-refractivity contribution in [2.75, 3.05) is 17.7 Å². The Hall–Kier alpha value is -2.49. The van der Waals surface area contributed by atoms with Crippen LogP contribution in [0.1, 0.15) is 28.4 Å². The highest BCUT2D eigenvalue weighted by Gasteiger charge is 2.11. The van der Waals surface area contributed by atoms with Gasteiger partial charge in [-0.2, -0.15) is 0 Å². The maximum atomic E-state index is 12.3. The monoisotopic (exact) mass is 284 g/mol. The molecule has 0 atom stereocenters. The molecule has 3 N–H and O–H groups in total. The van der Waals surface area contributed by atoms with E-state index in [-0.39, 0.29) is 5.91 Å². The molecule has 0 saturated carbocycles. The van der Waals surface area contributed by atoms with Crippen molar-refractivity contribution in [1.82, 2.24) is 0 Å². The van der Waals surface area contributed by atoms with Gasteiger partial charge in [-0.05, 0) is 62.2 Å². The van der Waals surface area contributed by atoms with Crippen molar-refractivity contribution in [2.45, 2.75) is 20.8 Å². The van der Waals surface area contributed by atoms with E-state index in [4.69, 9.17) is 10.5 Å². The first kappa shape index (κ1) is 14.9. The number of aryl methyl sites for hydroxylation is 2. The third kappa shape index (κ3) is 3.54. The molecule has 0 aliphatic heterocycles. The Balaban J connectivity index is 2.18. The topological polar surface area (TPSA) is 64.3 Å². The second-order valence-corrected chi connectivity index (χ2v) is 4.96. The number of carbonyl (C=O) groups excluding carboxylic acids is 1. The van der Waals surface area contributed by atoms with Gasteiger partial charge in [0, 0.05) is 5.56 Å². The van der Waals surface area contributed by atoms with Crippen molar-refractivity contribution < 1.29 is 9.53 Å². The summed E-state index contributed by atoms with van der Waals surface area (Å²) in [5.41, 5.74) is 9.81. The molecule has 0 aliphatic carbocycles. The summed E-state index contributed by atoms with van der Waals surface area (Å²) in [6, 6.07) is 10.9. The molecule has 4 heteroatoms. The zero-order valence-electron chi connectivity index (χ0n) is 12.6. The molecular formula is C17H20N2O2. The summed E-state index contributed by atoms with van der Waals surface area (Å²) in [5.74, 6) is 0.566. The fraction of sp³-hybridized carbons (Fsp3) is 0.235. The van der Waals surface area contributed by atoms with Crippen LogP contribution in [0.3, 0.4) is 0 Å². The molecule has 2 aromatic carbocycles. The van der Waals surface area contributed by atoms with E-state index in [1.807, 2.05) is 32.9 Å². The van der Waals surface area contributed by atoms with E-state index in [0.717, 1.165) is 16.9 Å². The lowest BCUT2D eigenvalue weighted by molar-refractivity contribution is 0.102. The first-order valence-corrected chi connectivity index (χ1v) is 6.92. The first-order valence-electron chi connectivity index (χ1n) is 6.92. The number of rotatable bonds is 4. The van der Waals surface area contributed by atoms with Crippen LogP contribution in [-0.4, -0.2) is 12.5 Å². The average molecular weight is 284 g/mol. The molecule has 0 bridgehead atoms. The summed E-state index contributed by atoms with van der Waals surface area (Å²) >= 11 is 0. The van der Waals surface area contributed by atoms with Crippen molar-refractivity contribution in [3.05, 3.63) is 53.1 Å². The van der Waals surface area contributed by atoms with Gasteiger partial charge in [0.25, 0.3) is 5.91 Å². The van der Waals surface area contributed by atoms with E-state index < -0.39 is 0 Å². The van der Waals surface area contributed by atoms with Crippen LogP contribution in [0.4, 0.5) is 11.4 Å². The Kier molecular flexibility index (Phi) is 4.48. The molecule has 2 aromatic rings. The van der Waals surface area contributed by atoms with Gasteiger partial charge >= 0.3 is 0 Å². The largest absolute Gasteiger partial charge is 0.494 e. The molecule has 0 unspecified atom stereocenters. The summed E-state index contributed by atoms with van der Waals surface area (Å²) in [6.45, 7) is 6.42. The summed E-state index contributed by atoms with van der Waals surface area (Å²) < 4.78 is 5.36. The van der Waals surface area contributed by atoms with Gasteiger partial charge in [-0.25, -0.2) is 0 Å². The van der Waals surface area contributed by atoms with Crippen LogP contribution in [0.15, 0.2) is 36.4 Å². The van der Waals surface area contributed by atoms with E-state index in [2.05, 4.69) is 5.32 Å². The van der Waals surface area contributed by atoms with Gasteiger partial charge in [-0.15, -0.1) is 0 Å². The second-order valence-electron chi connectivity index (χ2n) is 4.96. The van der Waals surface area contributed by atoms with Gasteiger partial charge in [-0.1, -0.05) is 6.07 Å². The number of benzene rings is 2. The van der Waals surface area contributed by atoms with Crippen LogP contribution in [-0.2, 0) is 0 Å². The number of carbonyl (C=O) groups is 1. The minimum atomic E-state index is -0.184. The van der Waals surface area contributed by atoms with Crippen molar-refractivity contribution in [1.29, 1.82) is 0 Å². The Morgan fingerprint density at radius 1 is 1.19 bits per heavy atom. The molecule has 1 amide bonds. The predicted molar refractivity (Wildman–Crippen MR) is 85.9 cm³/mol. The molecular weight excluding hydrogens is 264 g/mol. The Labute approximate surface area is 124 Å². The third-order valence-corrected chi connectivity index (χ3v) is 3.18. The highest BCUT2D eigenvalue weighted by molar-refractivity contribution is 6.06. The molecule has 0 aromatic heterocycles. The van der Waals surface area contributed by atoms with Crippen molar-refractivity contribution in [3.8, 4) is 5.75 Å². The summed E-state index contributed by atoms with van der Waals surface area (Å²) in [6.07, 6.45) is 0. The number of anilines is 2. The van der Waals surface area contributed by atoms with Gasteiger partial charge < -0.3 is 15.8 Å². The van der Waals surface area contributed by atoms with E-state index in [1.165, 1.54) is 0 Å². The molecule has 0 aliphatic rings. The number of nitrogen functional groups attached to an aromatic ring is 1. The maximum absolute atomic E-state index is 12.3. The van der Waals surface area contributed by atoms with Gasteiger partial charge in [0.15, 0.2) is 0 Å². The lowest BCUT2D eigenvalue weighted by Gasteiger charge is -2.12. The van der Waals surface area contributed by atoms with E-state index >= 15 is 0 Å². The fourth-order valence-corrected chi connectivity index (χ4v) is 2.23. The van der Waals surface area contributed by atoms with E-state index in [1.54, 1.807) is 24.3 Å². The molecule has 0 spiro atoms. The predicted octanol–water partition coefficient (Wildman–Crippen LogP) is 3.54. The Morgan fingerprint density at radius 3 is 2.43 bits per heavy atom. The second kappa shape index (κ2) is 6.31. The van der Waals surface area contributed by atoms with Crippen LogP contribution in [0, 0.1) is 13.8 Å². The highest BCUT2D eigenvalue weighted by atomic mass is 16.5. The smallest absolute Gasteiger partial charge is 0.255 e. The van der Waals surface area contributed by atoms with Crippen molar-refractivity contribution >= 4 is 17.3 Å². The number of amides is 1. The SMILES string of the molecule is CCOc1ccc(C(=O)Nc2c(C)cc(C)cc2N)cc1. The van der Waals surface area contributed by atoms with Crippen LogP contribution in [0.2, 0.25) is 0 Å². The Morgan fingerprint density at radius 2 is 1.86 bits per heavy atom. The first-order chi connectivity index (χ1) is 10.0. The van der Waals surface area contributed by atoms with Gasteiger partial charge in [-0.3, -0.25) is 4.79 Å². The van der Waals surface area contributed by atoms with Crippen molar-refractivity contribution in [2.24, 2.45) is 0 Å². The molecule has 2 rings (SSSR count).